The fraction of sp³-hybridized carbons (Fsp3) is 0.154. The fourth-order valence-electron chi connectivity index (χ4n) is 1.60. The Kier molecular flexibility index (Phi) is 3.44. The Balaban J connectivity index is 2.39. The zero-order valence-corrected chi connectivity index (χ0v) is 10.2. The van der Waals surface area contributed by atoms with Gasteiger partial charge < -0.3 is 9.84 Å². The number of ether oxygens (including phenoxy) is 1. The summed E-state index contributed by atoms with van der Waals surface area (Å²) in [4.78, 5) is 12.5. The van der Waals surface area contributed by atoms with Gasteiger partial charge in [0.25, 0.3) is 0 Å². The van der Waals surface area contributed by atoms with Crippen molar-refractivity contribution in [3.8, 4) is 16.2 Å². The summed E-state index contributed by atoms with van der Waals surface area (Å²) >= 11 is 1.46. The molecule has 88 valence electrons. The van der Waals surface area contributed by atoms with E-state index < -0.39 is 5.97 Å². The lowest BCUT2D eigenvalue weighted by atomic mass is 10.2. The highest BCUT2D eigenvalue weighted by Gasteiger charge is 2.13. The second-order valence-corrected chi connectivity index (χ2v) is 4.68. The second kappa shape index (κ2) is 5.01. The lowest BCUT2D eigenvalue weighted by Crippen LogP contribution is -1.97. The van der Waals surface area contributed by atoms with Gasteiger partial charge in [0.1, 0.15) is 5.75 Å². The van der Waals surface area contributed by atoms with E-state index >= 15 is 0 Å². The van der Waals surface area contributed by atoms with Crippen LogP contribution >= 0.6 is 11.3 Å². The van der Waals surface area contributed by atoms with E-state index in [9.17, 15) is 4.79 Å². The zero-order valence-electron chi connectivity index (χ0n) is 9.34. The monoisotopic (exact) mass is 248 g/mol. The molecule has 0 aliphatic carbocycles. The molecule has 17 heavy (non-hydrogen) atoms. The van der Waals surface area contributed by atoms with Gasteiger partial charge in [-0.2, -0.15) is 0 Å². The van der Waals surface area contributed by atoms with Crippen molar-refractivity contribution in [3.63, 3.8) is 0 Å². The third-order valence-corrected chi connectivity index (χ3v) is 3.50. The van der Waals surface area contributed by atoms with Crippen LogP contribution in [0.2, 0.25) is 0 Å². The predicted octanol–water partition coefficient (Wildman–Crippen LogP) is 3.05. The van der Waals surface area contributed by atoms with Crippen LogP contribution < -0.4 is 4.74 Å². The number of aliphatic carboxylic acids is 1. The Morgan fingerprint density at radius 2 is 2.06 bits per heavy atom. The van der Waals surface area contributed by atoms with Gasteiger partial charge in [0.2, 0.25) is 0 Å². The Morgan fingerprint density at radius 1 is 1.35 bits per heavy atom. The van der Waals surface area contributed by atoms with Crippen molar-refractivity contribution in [1.82, 2.24) is 0 Å². The Morgan fingerprint density at radius 3 is 2.65 bits per heavy atom. The zero-order chi connectivity index (χ0) is 12.3. The van der Waals surface area contributed by atoms with Crippen LogP contribution in [0.5, 0.6) is 5.75 Å². The van der Waals surface area contributed by atoms with Crippen molar-refractivity contribution in [2.45, 2.75) is 6.42 Å². The molecule has 0 radical (unpaired) electrons. The molecule has 0 unspecified atom stereocenters. The van der Waals surface area contributed by atoms with E-state index in [0.29, 0.717) is 0 Å². The molecule has 0 aliphatic rings. The van der Waals surface area contributed by atoms with E-state index in [1.54, 1.807) is 13.2 Å². The number of rotatable bonds is 4. The van der Waals surface area contributed by atoms with E-state index in [1.807, 2.05) is 30.3 Å². The molecule has 0 bridgehead atoms. The summed E-state index contributed by atoms with van der Waals surface area (Å²) < 4.78 is 5.28. The molecular weight excluding hydrogens is 236 g/mol. The van der Waals surface area contributed by atoms with E-state index in [0.717, 1.165) is 21.1 Å². The van der Waals surface area contributed by atoms with Crippen molar-refractivity contribution in [2.75, 3.05) is 7.11 Å². The van der Waals surface area contributed by atoms with Crippen LogP contribution in [0.4, 0.5) is 0 Å². The summed E-state index contributed by atoms with van der Waals surface area (Å²) in [7, 11) is 1.60. The van der Waals surface area contributed by atoms with Crippen molar-refractivity contribution in [1.29, 1.82) is 0 Å². The highest BCUT2D eigenvalue weighted by molar-refractivity contribution is 7.16. The minimum absolute atomic E-state index is 0.0356. The van der Waals surface area contributed by atoms with Crippen molar-refractivity contribution in [3.05, 3.63) is 41.3 Å². The van der Waals surface area contributed by atoms with Gasteiger partial charge in [-0.15, -0.1) is 11.3 Å². The first kappa shape index (κ1) is 11.7. The molecule has 0 saturated carbocycles. The molecule has 3 nitrogen and oxygen atoms in total. The van der Waals surface area contributed by atoms with Gasteiger partial charge >= 0.3 is 5.97 Å². The SMILES string of the molecule is COc1cc(CC(=O)O)sc1-c1ccccc1. The quantitative estimate of drug-likeness (QED) is 0.904. The number of methoxy groups -OCH3 is 1. The molecule has 1 heterocycles. The molecule has 2 rings (SSSR count). The molecule has 1 N–H and O–H groups in total. The highest BCUT2D eigenvalue weighted by atomic mass is 32.1. The van der Waals surface area contributed by atoms with Crippen LogP contribution in [-0.2, 0) is 11.2 Å². The lowest BCUT2D eigenvalue weighted by molar-refractivity contribution is -0.136. The summed E-state index contributed by atoms with van der Waals surface area (Å²) in [5.74, 6) is -0.0917. The van der Waals surface area contributed by atoms with Gasteiger partial charge in [-0.05, 0) is 11.6 Å². The Hall–Kier alpha value is -1.81. The van der Waals surface area contributed by atoms with Crippen LogP contribution in [0.1, 0.15) is 4.88 Å². The Labute approximate surface area is 103 Å². The minimum atomic E-state index is -0.825. The third kappa shape index (κ3) is 2.65. The van der Waals surface area contributed by atoms with Crippen LogP contribution in [0, 0.1) is 0 Å². The normalized spacial score (nSPS) is 10.2. The van der Waals surface area contributed by atoms with Gasteiger partial charge in [-0.3, -0.25) is 4.79 Å². The largest absolute Gasteiger partial charge is 0.495 e. The van der Waals surface area contributed by atoms with E-state index in [2.05, 4.69) is 0 Å². The smallest absolute Gasteiger partial charge is 0.308 e. The second-order valence-electron chi connectivity index (χ2n) is 3.55. The molecule has 0 fully saturated rings. The van der Waals surface area contributed by atoms with Crippen LogP contribution in [0.15, 0.2) is 36.4 Å². The molecular formula is C13H12O3S. The van der Waals surface area contributed by atoms with Crippen LogP contribution in [0.3, 0.4) is 0 Å². The first-order valence-electron chi connectivity index (χ1n) is 5.14. The fourth-order valence-corrected chi connectivity index (χ4v) is 2.72. The van der Waals surface area contributed by atoms with Gasteiger partial charge in [-0.25, -0.2) is 0 Å². The first-order valence-corrected chi connectivity index (χ1v) is 5.96. The molecule has 0 spiro atoms. The van der Waals surface area contributed by atoms with Gasteiger partial charge in [-0.1, -0.05) is 30.3 Å². The molecule has 2 aromatic rings. The van der Waals surface area contributed by atoms with Gasteiger partial charge in [0.05, 0.1) is 18.4 Å². The van der Waals surface area contributed by atoms with Gasteiger partial charge in [0, 0.05) is 4.88 Å². The molecule has 0 amide bonds. The van der Waals surface area contributed by atoms with Crippen LogP contribution in [0.25, 0.3) is 10.4 Å². The van der Waals surface area contributed by atoms with Crippen molar-refractivity contribution < 1.29 is 14.6 Å². The van der Waals surface area contributed by atoms with E-state index in [4.69, 9.17) is 9.84 Å². The number of hydrogen-bond donors (Lipinski definition) is 1. The Bertz CT molecular complexity index is 517. The molecule has 0 aliphatic heterocycles. The lowest BCUT2D eigenvalue weighted by Gasteiger charge is -2.01. The number of benzene rings is 1. The molecule has 1 aromatic heterocycles. The highest BCUT2D eigenvalue weighted by Crippen LogP contribution is 2.38. The molecule has 0 atom stereocenters. The topological polar surface area (TPSA) is 46.5 Å². The van der Waals surface area contributed by atoms with E-state index in [1.165, 1.54) is 11.3 Å². The van der Waals surface area contributed by atoms with E-state index in [-0.39, 0.29) is 6.42 Å². The summed E-state index contributed by atoms with van der Waals surface area (Å²) in [5.41, 5.74) is 1.05. The standard InChI is InChI=1S/C13H12O3S/c1-16-11-7-10(8-12(14)15)17-13(11)9-5-3-2-4-6-9/h2-7H,8H2,1H3,(H,14,15). The maximum Gasteiger partial charge on any atom is 0.308 e. The molecule has 4 heteroatoms. The maximum atomic E-state index is 10.7. The average Bonchev–Trinajstić information content (AvgIpc) is 2.72. The summed E-state index contributed by atoms with van der Waals surface area (Å²) in [6, 6.07) is 11.6. The minimum Gasteiger partial charge on any atom is -0.495 e. The predicted molar refractivity (Wildman–Crippen MR) is 67.6 cm³/mol. The van der Waals surface area contributed by atoms with Gasteiger partial charge in [0.15, 0.2) is 0 Å². The summed E-state index contributed by atoms with van der Waals surface area (Å²) in [6.45, 7) is 0. The number of thiophene rings is 1. The average molecular weight is 248 g/mol. The first-order chi connectivity index (χ1) is 8.20. The molecule has 1 aromatic carbocycles. The van der Waals surface area contributed by atoms with Crippen LogP contribution in [-0.4, -0.2) is 18.2 Å². The summed E-state index contributed by atoms with van der Waals surface area (Å²) in [5, 5.41) is 8.78. The number of carboxylic acids is 1. The van der Waals surface area contributed by atoms with Crippen molar-refractivity contribution >= 4 is 17.3 Å². The summed E-state index contributed by atoms with van der Waals surface area (Å²) in [6.07, 6.45) is 0.0356. The third-order valence-electron chi connectivity index (χ3n) is 2.33. The van der Waals surface area contributed by atoms with Crippen molar-refractivity contribution in [2.24, 2.45) is 0 Å². The number of hydrogen-bond acceptors (Lipinski definition) is 3. The number of carbonyl (C=O) groups is 1. The molecule has 0 saturated heterocycles. The maximum absolute atomic E-state index is 10.7. The number of carboxylic acid groups (broad SMARTS) is 1.